The molecule has 1 aromatic carbocycles. The number of ether oxygens (including phenoxy) is 1. The highest BCUT2D eigenvalue weighted by Gasteiger charge is 2.03. The first kappa shape index (κ1) is 18.0. The Labute approximate surface area is 144 Å². The molecule has 2 N–H and O–H groups in total. The molecule has 0 aliphatic carbocycles. The summed E-state index contributed by atoms with van der Waals surface area (Å²) in [7, 11) is 1.68. The number of aryl methyl sites for hydroxylation is 1. The van der Waals surface area contributed by atoms with Gasteiger partial charge in [0.1, 0.15) is 11.6 Å². The molecule has 0 saturated carbocycles. The number of methoxy groups -OCH3 is 1. The molecule has 2 rings (SSSR count). The van der Waals surface area contributed by atoms with E-state index in [0.717, 1.165) is 43.2 Å². The smallest absolute Gasteiger partial charge is 0.224 e. The first-order valence-corrected chi connectivity index (χ1v) is 8.53. The van der Waals surface area contributed by atoms with Gasteiger partial charge in [0.25, 0.3) is 0 Å². The maximum Gasteiger partial charge on any atom is 0.224 e. The Bertz CT molecular complexity index is 626. The molecule has 0 aliphatic heterocycles. The molecular weight excluding hydrogens is 300 g/mol. The summed E-state index contributed by atoms with van der Waals surface area (Å²) in [4.78, 5) is 8.98. The Hall–Kier alpha value is -2.30. The topological polar surface area (TPSA) is 59.1 Å². The molecule has 0 bridgehead atoms. The summed E-state index contributed by atoms with van der Waals surface area (Å²) >= 11 is 0. The van der Waals surface area contributed by atoms with Crippen LogP contribution in [0.2, 0.25) is 0 Å². The third kappa shape index (κ3) is 6.07. The Balaban J connectivity index is 1.85. The fourth-order valence-electron chi connectivity index (χ4n) is 2.34. The fourth-order valence-corrected chi connectivity index (χ4v) is 2.34. The highest BCUT2D eigenvalue weighted by atomic mass is 16.5. The van der Waals surface area contributed by atoms with Gasteiger partial charge in [0.2, 0.25) is 5.95 Å². The van der Waals surface area contributed by atoms with Crippen molar-refractivity contribution >= 4 is 11.8 Å². The summed E-state index contributed by atoms with van der Waals surface area (Å²) in [5, 5.41) is 6.68. The van der Waals surface area contributed by atoms with Crippen molar-refractivity contribution in [2.75, 3.05) is 30.8 Å². The molecule has 0 radical (unpaired) electrons. The van der Waals surface area contributed by atoms with Crippen molar-refractivity contribution in [3.05, 3.63) is 41.6 Å². The number of nitrogens with zero attached hydrogens (tertiary/aromatic N) is 2. The van der Waals surface area contributed by atoms with Gasteiger partial charge in [-0.15, -0.1) is 0 Å². The molecule has 130 valence electrons. The molecule has 0 amide bonds. The van der Waals surface area contributed by atoms with Crippen molar-refractivity contribution in [1.82, 2.24) is 9.97 Å². The van der Waals surface area contributed by atoms with Crippen molar-refractivity contribution < 1.29 is 4.74 Å². The number of rotatable bonds is 9. The van der Waals surface area contributed by atoms with Crippen molar-refractivity contribution in [3.63, 3.8) is 0 Å². The second-order valence-electron chi connectivity index (χ2n) is 6.35. The minimum atomic E-state index is 0.671. The Kier molecular flexibility index (Phi) is 6.85. The minimum absolute atomic E-state index is 0.671. The summed E-state index contributed by atoms with van der Waals surface area (Å²) in [6.07, 6.45) is 2.04. The van der Waals surface area contributed by atoms with Crippen LogP contribution in [-0.4, -0.2) is 30.2 Å². The number of aromatic nitrogens is 2. The van der Waals surface area contributed by atoms with Crippen molar-refractivity contribution in [1.29, 1.82) is 0 Å². The first-order valence-electron chi connectivity index (χ1n) is 8.53. The molecule has 0 aliphatic rings. The zero-order chi connectivity index (χ0) is 17.4. The SMILES string of the molecule is COc1ccc(CCNc2cc(C)nc(NCCC(C)C)n2)cc1. The van der Waals surface area contributed by atoms with Gasteiger partial charge in [-0.25, -0.2) is 4.98 Å². The zero-order valence-corrected chi connectivity index (χ0v) is 15.1. The number of benzene rings is 1. The Morgan fingerprint density at radius 1 is 1.04 bits per heavy atom. The Morgan fingerprint density at radius 3 is 2.46 bits per heavy atom. The largest absolute Gasteiger partial charge is 0.497 e. The van der Waals surface area contributed by atoms with E-state index >= 15 is 0 Å². The normalized spacial score (nSPS) is 10.7. The van der Waals surface area contributed by atoms with Crippen LogP contribution in [0, 0.1) is 12.8 Å². The van der Waals surface area contributed by atoms with Gasteiger partial charge in [-0.3, -0.25) is 0 Å². The average Bonchev–Trinajstić information content (AvgIpc) is 2.55. The van der Waals surface area contributed by atoms with Crippen LogP contribution >= 0.6 is 0 Å². The van der Waals surface area contributed by atoms with Gasteiger partial charge < -0.3 is 15.4 Å². The minimum Gasteiger partial charge on any atom is -0.497 e. The standard InChI is InChI=1S/C19H28N4O/c1-14(2)9-11-21-19-22-15(3)13-18(23-19)20-12-10-16-5-7-17(24-4)8-6-16/h5-8,13-14H,9-12H2,1-4H3,(H2,20,21,22,23). The van der Waals surface area contributed by atoms with E-state index in [4.69, 9.17) is 4.74 Å². The molecule has 0 unspecified atom stereocenters. The summed E-state index contributed by atoms with van der Waals surface area (Å²) < 4.78 is 5.18. The molecule has 5 heteroatoms. The summed E-state index contributed by atoms with van der Waals surface area (Å²) in [5.41, 5.74) is 2.23. The predicted molar refractivity (Wildman–Crippen MR) is 99.9 cm³/mol. The van der Waals surface area contributed by atoms with Crippen LogP contribution in [-0.2, 0) is 6.42 Å². The number of anilines is 2. The molecule has 0 saturated heterocycles. The van der Waals surface area contributed by atoms with Crippen LogP contribution < -0.4 is 15.4 Å². The molecular formula is C19H28N4O. The quantitative estimate of drug-likeness (QED) is 0.731. The number of hydrogen-bond donors (Lipinski definition) is 2. The second kappa shape index (κ2) is 9.11. The third-order valence-corrected chi connectivity index (χ3v) is 3.74. The van der Waals surface area contributed by atoms with E-state index in [2.05, 4.69) is 46.6 Å². The fraction of sp³-hybridized carbons (Fsp3) is 0.474. The molecule has 1 heterocycles. The van der Waals surface area contributed by atoms with Gasteiger partial charge in [-0.05, 0) is 43.4 Å². The molecule has 1 aromatic heterocycles. The highest BCUT2D eigenvalue weighted by Crippen LogP contribution is 2.13. The Morgan fingerprint density at radius 2 is 1.79 bits per heavy atom. The summed E-state index contributed by atoms with van der Waals surface area (Å²) in [6, 6.07) is 10.1. The van der Waals surface area contributed by atoms with E-state index in [-0.39, 0.29) is 0 Å². The molecule has 0 atom stereocenters. The molecule has 24 heavy (non-hydrogen) atoms. The van der Waals surface area contributed by atoms with Crippen molar-refractivity contribution in [3.8, 4) is 5.75 Å². The van der Waals surface area contributed by atoms with Crippen molar-refractivity contribution in [2.45, 2.75) is 33.6 Å². The maximum absolute atomic E-state index is 5.18. The van der Waals surface area contributed by atoms with Gasteiger partial charge in [-0.1, -0.05) is 26.0 Å². The predicted octanol–water partition coefficient (Wildman–Crippen LogP) is 3.91. The van der Waals surface area contributed by atoms with Gasteiger partial charge >= 0.3 is 0 Å². The lowest BCUT2D eigenvalue weighted by atomic mass is 10.1. The molecule has 0 spiro atoms. The van der Waals surface area contributed by atoms with Crippen LogP contribution in [0.3, 0.4) is 0 Å². The maximum atomic E-state index is 5.18. The van der Waals surface area contributed by atoms with Crippen LogP contribution in [0.1, 0.15) is 31.5 Å². The highest BCUT2D eigenvalue weighted by molar-refractivity contribution is 5.42. The van der Waals surface area contributed by atoms with E-state index in [1.807, 2.05) is 25.1 Å². The van der Waals surface area contributed by atoms with E-state index in [1.165, 1.54) is 5.56 Å². The van der Waals surface area contributed by atoms with E-state index in [0.29, 0.717) is 11.9 Å². The van der Waals surface area contributed by atoms with E-state index in [9.17, 15) is 0 Å². The second-order valence-corrected chi connectivity index (χ2v) is 6.35. The average molecular weight is 328 g/mol. The lowest BCUT2D eigenvalue weighted by Crippen LogP contribution is -2.11. The zero-order valence-electron chi connectivity index (χ0n) is 15.1. The molecule has 2 aromatic rings. The third-order valence-electron chi connectivity index (χ3n) is 3.74. The van der Waals surface area contributed by atoms with Crippen LogP contribution in [0.4, 0.5) is 11.8 Å². The molecule has 5 nitrogen and oxygen atoms in total. The monoisotopic (exact) mass is 328 g/mol. The summed E-state index contributed by atoms with van der Waals surface area (Å²) in [6.45, 7) is 8.14. The summed E-state index contributed by atoms with van der Waals surface area (Å²) in [5.74, 6) is 3.12. The van der Waals surface area contributed by atoms with Gasteiger partial charge in [-0.2, -0.15) is 4.98 Å². The molecule has 0 fully saturated rings. The lowest BCUT2D eigenvalue weighted by Gasteiger charge is -2.11. The van der Waals surface area contributed by atoms with Crippen LogP contribution in [0.25, 0.3) is 0 Å². The van der Waals surface area contributed by atoms with Gasteiger partial charge in [0.15, 0.2) is 0 Å². The lowest BCUT2D eigenvalue weighted by molar-refractivity contribution is 0.414. The van der Waals surface area contributed by atoms with Crippen molar-refractivity contribution in [2.24, 2.45) is 5.92 Å². The van der Waals surface area contributed by atoms with Gasteiger partial charge in [0.05, 0.1) is 7.11 Å². The van der Waals surface area contributed by atoms with E-state index in [1.54, 1.807) is 7.11 Å². The van der Waals surface area contributed by atoms with Crippen LogP contribution in [0.5, 0.6) is 5.75 Å². The van der Waals surface area contributed by atoms with Crippen LogP contribution in [0.15, 0.2) is 30.3 Å². The first-order chi connectivity index (χ1) is 11.6. The van der Waals surface area contributed by atoms with Gasteiger partial charge in [0, 0.05) is 24.8 Å². The number of hydrogen-bond acceptors (Lipinski definition) is 5. The van der Waals surface area contributed by atoms with E-state index < -0.39 is 0 Å². The number of nitrogens with one attached hydrogen (secondary N) is 2.